The summed E-state index contributed by atoms with van der Waals surface area (Å²) in [4.78, 5) is 25.4. The Labute approximate surface area is 127 Å². The maximum Gasteiger partial charge on any atom is 0.249 e. The van der Waals surface area contributed by atoms with Gasteiger partial charge in [0.05, 0.1) is 17.8 Å². The van der Waals surface area contributed by atoms with E-state index in [-0.39, 0.29) is 23.3 Å². The maximum atomic E-state index is 12.0. The van der Waals surface area contributed by atoms with Crippen LogP contribution in [0.15, 0.2) is 0 Å². The fourth-order valence-corrected chi connectivity index (χ4v) is 2.63. The van der Waals surface area contributed by atoms with Gasteiger partial charge in [0, 0.05) is 0 Å². The normalized spacial score (nSPS) is 18.6. The van der Waals surface area contributed by atoms with Gasteiger partial charge in [-0.15, -0.1) is 5.10 Å². The third kappa shape index (κ3) is 2.71. The molecule has 0 aliphatic carbocycles. The van der Waals surface area contributed by atoms with Crippen LogP contribution in [0.4, 0.5) is 5.82 Å². The molecule has 3 N–H and O–H groups in total. The summed E-state index contributed by atoms with van der Waals surface area (Å²) in [5.41, 5.74) is 7.88. The minimum atomic E-state index is -0.493. The number of hydrogen-bond acceptors (Lipinski definition) is 6. The lowest BCUT2D eigenvalue weighted by Gasteiger charge is -2.35. The highest BCUT2D eigenvalue weighted by atomic mass is 32.1. The van der Waals surface area contributed by atoms with Crippen LogP contribution in [0, 0.1) is 13.8 Å². The minimum Gasteiger partial charge on any atom is -0.389 e. The largest absolute Gasteiger partial charge is 0.389 e. The molecule has 1 fully saturated rings. The van der Waals surface area contributed by atoms with Crippen LogP contribution < -0.4 is 16.0 Å². The summed E-state index contributed by atoms with van der Waals surface area (Å²) in [5.74, 6) is -0.332. The smallest absolute Gasteiger partial charge is 0.249 e. The molecule has 1 aromatic heterocycles. The molecule has 7 nitrogen and oxygen atoms in total. The average molecular weight is 307 g/mol. The second-order valence-electron chi connectivity index (χ2n) is 4.94. The zero-order valence-electron chi connectivity index (χ0n) is 12.1. The zero-order valence-corrected chi connectivity index (χ0v) is 13.0. The second-order valence-corrected chi connectivity index (χ2v) is 5.38. The minimum absolute atomic E-state index is 0.0248. The molecular formula is C13H17N5O2S. The number of amides is 2. The predicted octanol–water partition coefficient (Wildman–Crippen LogP) is -0.0310. The molecule has 2 heterocycles. The van der Waals surface area contributed by atoms with E-state index in [0.717, 1.165) is 5.56 Å². The fraction of sp³-hybridized carbons (Fsp3) is 0.462. The van der Waals surface area contributed by atoms with Gasteiger partial charge in [0.25, 0.3) is 0 Å². The number of carbonyl (C=O) groups excluding carboxylic acids is 2. The van der Waals surface area contributed by atoms with Crippen LogP contribution in [0.5, 0.6) is 0 Å². The summed E-state index contributed by atoms with van der Waals surface area (Å²) in [7, 11) is 0. The molecule has 21 heavy (non-hydrogen) atoms. The lowest BCUT2D eigenvalue weighted by Crippen LogP contribution is -2.58. The lowest BCUT2D eigenvalue weighted by atomic mass is 10.0. The second kappa shape index (κ2) is 5.72. The van der Waals surface area contributed by atoms with E-state index in [0.29, 0.717) is 23.5 Å². The Morgan fingerprint density at radius 2 is 2.10 bits per heavy atom. The van der Waals surface area contributed by atoms with Crippen molar-refractivity contribution in [3.05, 3.63) is 16.8 Å². The Hall–Kier alpha value is -2.09. The molecule has 1 saturated heterocycles. The number of hydrogen-bond donors (Lipinski definition) is 2. The van der Waals surface area contributed by atoms with Gasteiger partial charge < -0.3 is 10.6 Å². The van der Waals surface area contributed by atoms with Crippen LogP contribution in [0.1, 0.15) is 30.2 Å². The molecule has 0 aromatic carbocycles. The molecule has 1 aliphatic rings. The van der Waals surface area contributed by atoms with Crippen molar-refractivity contribution < 1.29 is 9.59 Å². The number of nitrogens with two attached hydrogens (primary N) is 1. The summed E-state index contributed by atoms with van der Waals surface area (Å²) in [6.45, 7) is 5.53. The average Bonchev–Trinajstić information content (AvgIpc) is 2.40. The SMILES string of the molecule is CCC1C(=O)NC(=O)CN1c1nnc(C)c(C)c1C(N)=S. The van der Waals surface area contributed by atoms with Crippen molar-refractivity contribution in [1.82, 2.24) is 15.5 Å². The summed E-state index contributed by atoms with van der Waals surface area (Å²) >= 11 is 5.10. The number of aryl methyl sites for hydroxylation is 1. The number of rotatable bonds is 3. The molecule has 2 amide bonds. The van der Waals surface area contributed by atoms with Gasteiger partial charge in [-0.1, -0.05) is 19.1 Å². The number of carbonyl (C=O) groups is 2. The van der Waals surface area contributed by atoms with Crippen molar-refractivity contribution in [1.29, 1.82) is 0 Å². The number of nitrogens with zero attached hydrogens (tertiary/aromatic N) is 3. The van der Waals surface area contributed by atoms with Crippen molar-refractivity contribution in [2.75, 3.05) is 11.4 Å². The molecule has 2 rings (SSSR count). The first-order valence-electron chi connectivity index (χ1n) is 6.60. The molecule has 0 radical (unpaired) electrons. The predicted molar refractivity (Wildman–Crippen MR) is 82.0 cm³/mol. The Morgan fingerprint density at radius 1 is 1.43 bits per heavy atom. The molecule has 8 heteroatoms. The van der Waals surface area contributed by atoms with Gasteiger partial charge >= 0.3 is 0 Å². The topological polar surface area (TPSA) is 101 Å². The number of aromatic nitrogens is 2. The highest BCUT2D eigenvalue weighted by Gasteiger charge is 2.35. The van der Waals surface area contributed by atoms with Crippen LogP contribution in [-0.2, 0) is 9.59 Å². The van der Waals surface area contributed by atoms with E-state index in [1.54, 1.807) is 11.8 Å². The number of piperazine rings is 1. The van der Waals surface area contributed by atoms with Crippen molar-refractivity contribution in [2.45, 2.75) is 33.2 Å². The Kier molecular flexibility index (Phi) is 4.17. The van der Waals surface area contributed by atoms with Gasteiger partial charge in [-0.05, 0) is 25.8 Å². The first kappa shape index (κ1) is 15.3. The number of imide groups is 1. The van der Waals surface area contributed by atoms with E-state index in [1.165, 1.54) is 0 Å². The van der Waals surface area contributed by atoms with E-state index in [2.05, 4.69) is 15.5 Å². The van der Waals surface area contributed by atoms with E-state index in [1.807, 2.05) is 13.8 Å². The third-order valence-corrected chi connectivity index (χ3v) is 3.80. The molecule has 0 spiro atoms. The van der Waals surface area contributed by atoms with Crippen molar-refractivity contribution >= 4 is 34.8 Å². The molecule has 0 saturated carbocycles. The monoisotopic (exact) mass is 307 g/mol. The van der Waals surface area contributed by atoms with E-state index in [4.69, 9.17) is 18.0 Å². The molecule has 1 aromatic rings. The first-order valence-corrected chi connectivity index (χ1v) is 7.01. The van der Waals surface area contributed by atoms with Gasteiger partial charge in [0.2, 0.25) is 11.8 Å². The Morgan fingerprint density at radius 3 is 2.67 bits per heavy atom. The maximum absolute atomic E-state index is 12.0. The van der Waals surface area contributed by atoms with E-state index < -0.39 is 6.04 Å². The van der Waals surface area contributed by atoms with Crippen LogP contribution in [0.3, 0.4) is 0 Å². The molecule has 1 aliphatic heterocycles. The van der Waals surface area contributed by atoms with Crippen molar-refractivity contribution in [3.63, 3.8) is 0 Å². The number of anilines is 1. The van der Waals surface area contributed by atoms with Gasteiger partial charge in [-0.25, -0.2) is 0 Å². The molecule has 112 valence electrons. The van der Waals surface area contributed by atoms with Crippen LogP contribution >= 0.6 is 12.2 Å². The standard InChI is InChI=1S/C13H17N5O2S/c1-4-8-13(20)15-9(19)5-18(8)12-10(11(14)21)6(2)7(3)16-17-12/h8H,4-5H2,1-3H3,(H2,14,21)(H,15,19,20). The Bertz CT molecular complexity index is 631. The van der Waals surface area contributed by atoms with E-state index >= 15 is 0 Å². The van der Waals surface area contributed by atoms with Gasteiger partial charge in [-0.2, -0.15) is 5.10 Å². The van der Waals surface area contributed by atoms with Gasteiger partial charge in [-0.3, -0.25) is 14.9 Å². The summed E-state index contributed by atoms with van der Waals surface area (Å²) < 4.78 is 0. The van der Waals surface area contributed by atoms with Crippen molar-refractivity contribution in [3.8, 4) is 0 Å². The van der Waals surface area contributed by atoms with Crippen LogP contribution in [-0.4, -0.2) is 39.6 Å². The van der Waals surface area contributed by atoms with Crippen LogP contribution in [0.25, 0.3) is 0 Å². The third-order valence-electron chi connectivity index (χ3n) is 3.60. The number of thiocarbonyl (C=S) groups is 1. The van der Waals surface area contributed by atoms with Gasteiger partial charge in [0.1, 0.15) is 11.0 Å². The summed E-state index contributed by atoms with van der Waals surface area (Å²) in [6.07, 6.45) is 0.532. The quantitative estimate of drug-likeness (QED) is 0.597. The fourth-order valence-electron chi connectivity index (χ4n) is 2.39. The highest BCUT2D eigenvalue weighted by Crippen LogP contribution is 2.25. The first-order chi connectivity index (χ1) is 9.86. The van der Waals surface area contributed by atoms with Crippen LogP contribution in [0.2, 0.25) is 0 Å². The molecule has 1 atom stereocenters. The van der Waals surface area contributed by atoms with E-state index in [9.17, 15) is 9.59 Å². The zero-order chi connectivity index (χ0) is 15.7. The molecule has 0 bridgehead atoms. The highest BCUT2D eigenvalue weighted by molar-refractivity contribution is 7.80. The number of nitrogens with one attached hydrogen (secondary N) is 1. The molecular weight excluding hydrogens is 290 g/mol. The summed E-state index contributed by atoms with van der Waals surface area (Å²) in [5, 5.41) is 10.5. The van der Waals surface area contributed by atoms with Gasteiger partial charge in [0.15, 0.2) is 5.82 Å². The van der Waals surface area contributed by atoms with Crippen molar-refractivity contribution in [2.24, 2.45) is 5.73 Å². The molecule has 1 unspecified atom stereocenters. The summed E-state index contributed by atoms with van der Waals surface area (Å²) in [6, 6.07) is -0.493. The Balaban J connectivity index is 2.58. The lowest BCUT2D eigenvalue weighted by molar-refractivity contribution is -0.132.